The molecule has 0 radical (unpaired) electrons. The van der Waals surface area contributed by atoms with E-state index in [1.807, 2.05) is 38.1 Å². The van der Waals surface area contributed by atoms with Gasteiger partial charge in [-0.2, -0.15) is 5.01 Å². The zero-order valence-corrected chi connectivity index (χ0v) is 17.6. The average molecular weight is 433 g/mol. The van der Waals surface area contributed by atoms with Crippen LogP contribution in [0.2, 0.25) is 5.02 Å². The van der Waals surface area contributed by atoms with Gasteiger partial charge in [0.2, 0.25) is 0 Å². The predicted molar refractivity (Wildman–Crippen MR) is 116 cm³/mol. The fourth-order valence-electron chi connectivity index (χ4n) is 2.54. The van der Waals surface area contributed by atoms with Crippen molar-refractivity contribution in [2.75, 3.05) is 6.61 Å². The molecule has 8 heteroatoms. The number of thiocarbonyl (C=S) groups is 1. The van der Waals surface area contributed by atoms with Gasteiger partial charge in [-0.15, -0.1) is 0 Å². The standard InChI is InChI=1S/C20H17ClN2O3S2/c1-3-26-14-6-4-5-13(10-14)11-17-19(25)23(20(27)28-17)22-18(24)15-8-7-12(2)9-16(15)21/h4-11H,3H2,1-2H3,(H,22,24). The van der Waals surface area contributed by atoms with E-state index >= 15 is 0 Å². The highest BCUT2D eigenvalue weighted by molar-refractivity contribution is 8.26. The molecule has 1 heterocycles. The van der Waals surface area contributed by atoms with E-state index < -0.39 is 11.8 Å². The maximum absolute atomic E-state index is 12.7. The van der Waals surface area contributed by atoms with Gasteiger partial charge < -0.3 is 4.74 Å². The van der Waals surface area contributed by atoms with Crippen molar-refractivity contribution in [1.82, 2.24) is 10.4 Å². The fourth-order valence-corrected chi connectivity index (χ4v) is 4.04. The molecule has 5 nitrogen and oxygen atoms in total. The Bertz CT molecular complexity index is 991. The minimum absolute atomic E-state index is 0.244. The van der Waals surface area contributed by atoms with Crippen LogP contribution in [0.1, 0.15) is 28.4 Å². The Kier molecular flexibility index (Phi) is 6.39. The first-order chi connectivity index (χ1) is 13.4. The van der Waals surface area contributed by atoms with Gasteiger partial charge in [0.1, 0.15) is 5.75 Å². The SMILES string of the molecule is CCOc1cccc(C=C2SC(=S)N(NC(=O)c3ccc(C)cc3Cl)C2=O)c1. The van der Waals surface area contributed by atoms with Gasteiger partial charge in [0.05, 0.1) is 22.1 Å². The van der Waals surface area contributed by atoms with Crippen molar-refractivity contribution in [2.45, 2.75) is 13.8 Å². The number of rotatable bonds is 5. The number of hydrazine groups is 1. The maximum atomic E-state index is 12.7. The van der Waals surface area contributed by atoms with Crippen LogP contribution in [-0.4, -0.2) is 27.8 Å². The van der Waals surface area contributed by atoms with E-state index in [-0.39, 0.29) is 9.88 Å². The van der Waals surface area contributed by atoms with Crippen molar-refractivity contribution < 1.29 is 14.3 Å². The largest absolute Gasteiger partial charge is 0.494 e. The Morgan fingerprint density at radius 2 is 2.11 bits per heavy atom. The third-order valence-corrected chi connectivity index (χ3v) is 5.46. The van der Waals surface area contributed by atoms with Crippen LogP contribution in [0.4, 0.5) is 0 Å². The lowest BCUT2D eigenvalue weighted by Crippen LogP contribution is -2.44. The zero-order valence-electron chi connectivity index (χ0n) is 15.2. The van der Waals surface area contributed by atoms with Crippen LogP contribution in [0.15, 0.2) is 47.4 Å². The molecule has 1 aliphatic rings. The summed E-state index contributed by atoms with van der Waals surface area (Å²) >= 11 is 12.5. The van der Waals surface area contributed by atoms with Gasteiger partial charge in [-0.1, -0.05) is 41.6 Å². The van der Waals surface area contributed by atoms with E-state index in [4.69, 9.17) is 28.6 Å². The van der Waals surface area contributed by atoms with Gasteiger partial charge in [-0.05, 0) is 67.5 Å². The summed E-state index contributed by atoms with van der Waals surface area (Å²) in [6.45, 7) is 4.33. The topological polar surface area (TPSA) is 58.6 Å². The Hall–Kier alpha value is -2.35. The molecule has 0 unspecified atom stereocenters. The van der Waals surface area contributed by atoms with Crippen LogP contribution in [0.5, 0.6) is 5.75 Å². The summed E-state index contributed by atoms with van der Waals surface area (Å²) in [4.78, 5) is 25.6. The molecule has 2 aromatic rings. The normalized spacial score (nSPS) is 15.2. The molecular formula is C20H17ClN2O3S2. The van der Waals surface area contributed by atoms with Gasteiger partial charge in [0, 0.05) is 0 Å². The molecule has 0 bridgehead atoms. The number of nitrogens with zero attached hydrogens (tertiary/aromatic N) is 1. The molecule has 2 aromatic carbocycles. The van der Waals surface area contributed by atoms with Crippen molar-refractivity contribution in [1.29, 1.82) is 0 Å². The number of aryl methyl sites for hydroxylation is 1. The first-order valence-corrected chi connectivity index (χ1v) is 10.1. The third-order valence-electron chi connectivity index (χ3n) is 3.84. The smallest absolute Gasteiger partial charge is 0.285 e. The molecule has 3 rings (SSSR count). The summed E-state index contributed by atoms with van der Waals surface area (Å²) in [5, 5.41) is 1.38. The molecule has 28 heavy (non-hydrogen) atoms. The lowest BCUT2D eigenvalue weighted by molar-refractivity contribution is -0.123. The second-order valence-corrected chi connectivity index (χ2v) is 8.03. The number of carbonyl (C=O) groups excluding carboxylic acids is 2. The van der Waals surface area contributed by atoms with Crippen molar-refractivity contribution in [3.8, 4) is 5.75 Å². The van der Waals surface area contributed by atoms with Crippen LogP contribution < -0.4 is 10.2 Å². The van der Waals surface area contributed by atoms with Crippen molar-refractivity contribution >= 4 is 57.8 Å². The number of benzene rings is 2. The molecule has 2 amide bonds. The van der Waals surface area contributed by atoms with E-state index in [9.17, 15) is 9.59 Å². The van der Waals surface area contributed by atoms with E-state index in [0.717, 1.165) is 27.9 Å². The molecule has 0 aromatic heterocycles. The summed E-state index contributed by atoms with van der Waals surface area (Å²) in [5.74, 6) is -0.177. The average Bonchev–Trinajstić information content (AvgIpc) is 2.89. The van der Waals surface area contributed by atoms with Crippen LogP contribution in [-0.2, 0) is 4.79 Å². The van der Waals surface area contributed by atoms with E-state index in [1.54, 1.807) is 24.3 Å². The fraction of sp³-hybridized carbons (Fsp3) is 0.150. The van der Waals surface area contributed by atoms with Crippen molar-refractivity contribution in [3.63, 3.8) is 0 Å². The number of nitrogens with one attached hydrogen (secondary N) is 1. The molecule has 1 N–H and O–H groups in total. The van der Waals surface area contributed by atoms with E-state index in [0.29, 0.717) is 22.3 Å². The maximum Gasteiger partial charge on any atom is 0.285 e. The van der Waals surface area contributed by atoms with Gasteiger partial charge in [-0.25, -0.2) is 0 Å². The molecular weight excluding hydrogens is 416 g/mol. The van der Waals surface area contributed by atoms with Crippen LogP contribution >= 0.6 is 35.6 Å². The van der Waals surface area contributed by atoms with Gasteiger partial charge in [0.25, 0.3) is 11.8 Å². The number of thioether (sulfide) groups is 1. The van der Waals surface area contributed by atoms with Gasteiger partial charge >= 0.3 is 0 Å². The van der Waals surface area contributed by atoms with Crippen LogP contribution in [0.3, 0.4) is 0 Å². The first kappa shape index (κ1) is 20.4. The van der Waals surface area contributed by atoms with Gasteiger partial charge in [-0.3, -0.25) is 15.0 Å². The number of ether oxygens (including phenoxy) is 1. The Morgan fingerprint density at radius 1 is 1.32 bits per heavy atom. The predicted octanol–water partition coefficient (Wildman–Crippen LogP) is 4.59. The van der Waals surface area contributed by atoms with Crippen molar-refractivity contribution in [3.05, 3.63) is 69.1 Å². The molecule has 0 saturated carbocycles. The molecule has 1 aliphatic heterocycles. The highest BCUT2D eigenvalue weighted by atomic mass is 35.5. The summed E-state index contributed by atoms with van der Waals surface area (Å²) in [5.41, 5.74) is 4.55. The monoisotopic (exact) mass is 432 g/mol. The first-order valence-electron chi connectivity index (χ1n) is 8.47. The molecule has 144 valence electrons. The van der Waals surface area contributed by atoms with E-state index in [2.05, 4.69) is 5.43 Å². The lowest BCUT2D eigenvalue weighted by Gasteiger charge is -2.16. The number of amides is 2. The number of carbonyl (C=O) groups is 2. The van der Waals surface area contributed by atoms with Crippen LogP contribution in [0.25, 0.3) is 6.08 Å². The third kappa shape index (κ3) is 4.55. The Morgan fingerprint density at radius 3 is 2.82 bits per heavy atom. The molecule has 1 saturated heterocycles. The summed E-state index contributed by atoms with van der Waals surface area (Å²) < 4.78 is 5.72. The zero-order chi connectivity index (χ0) is 20.3. The molecule has 1 fully saturated rings. The number of hydrogen-bond acceptors (Lipinski definition) is 5. The van der Waals surface area contributed by atoms with Crippen LogP contribution in [0, 0.1) is 6.92 Å². The van der Waals surface area contributed by atoms with E-state index in [1.165, 1.54) is 0 Å². The summed E-state index contributed by atoms with van der Waals surface area (Å²) in [6.07, 6.45) is 1.72. The Balaban J connectivity index is 1.78. The lowest BCUT2D eigenvalue weighted by atomic mass is 10.1. The second kappa shape index (κ2) is 8.77. The summed E-state index contributed by atoms with van der Waals surface area (Å²) in [7, 11) is 0. The highest BCUT2D eigenvalue weighted by Gasteiger charge is 2.34. The van der Waals surface area contributed by atoms with Gasteiger partial charge in [0.15, 0.2) is 4.32 Å². The quantitative estimate of drug-likeness (QED) is 0.553. The highest BCUT2D eigenvalue weighted by Crippen LogP contribution is 2.32. The number of halogens is 1. The second-order valence-electron chi connectivity index (χ2n) is 5.95. The molecule has 0 atom stereocenters. The summed E-state index contributed by atoms with van der Waals surface area (Å²) in [6, 6.07) is 12.5. The minimum Gasteiger partial charge on any atom is -0.494 e. The minimum atomic E-state index is -0.499. The Labute approximate surface area is 177 Å². The molecule has 0 spiro atoms. The molecule has 0 aliphatic carbocycles. The van der Waals surface area contributed by atoms with Crippen molar-refractivity contribution in [2.24, 2.45) is 0 Å². The number of hydrogen-bond donors (Lipinski definition) is 1.